The monoisotopic (exact) mass is 344 g/mol. The van der Waals surface area contributed by atoms with E-state index in [4.69, 9.17) is 0 Å². The van der Waals surface area contributed by atoms with E-state index in [1.165, 1.54) is 0 Å². The molecule has 2 heterocycles. The van der Waals surface area contributed by atoms with Crippen LogP contribution in [0.25, 0.3) is 0 Å². The Kier molecular flexibility index (Phi) is 4.99. The summed E-state index contributed by atoms with van der Waals surface area (Å²) in [5, 5.41) is 2.81. The van der Waals surface area contributed by atoms with Gasteiger partial charge >= 0.3 is 0 Å². The summed E-state index contributed by atoms with van der Waals surface area (Å²) in [5.41, 5.74) is 0. The van der Waals surface area contributed by atoms with Crippen LogP contribution >= 0.6 is 27.3 Å². The molecule has 1 aliphatic heterocycles. The van der Waals surface area contributed by atoms with Gasteiger partial charge in [-0.15, -0.1) is 11.3 Å². The molecular formula is C13H17BrN2O2S. The Labute approximate surface area is 125 Å². The number of rotatable bonds is 4. The van der Waals surface area contributed by atoms with Crippen LogP contribution in [0.1, 0.15) is 31.1 Å². The fourth-order valence-electron chi connectivity index (χ4n) is 2.16. The van der Waals surface area contributed by atoms with Crippen LogP contribution in [-0.4, -0.2) is 29.3 Å². The summed E-state index contributed by atoms with van der Waals surface area (Å²) in [4.78, 5) is 26.9. The van der Waals surface area contributed by atoms with Gasteiger partial charge < -0.3 is 10.2 Å². The molecule has 0 aliphatic carbocycles. The first-order valence-electron chi connectivity index (χ1n) is 6.42. The smallest absolute Gasteiger partial charge is 0.245 e. The Balaban J connectivity index is 2.09. The number of amides is 2. The minimum Gasteiger partial charge on any atom is -0.344 e. The molecule has 6 heteroatoms. The highest BCUT2D eigenvalue weighted by atomic mass is 79.9. The Morgan fingerprint density at radius 1 is 1.47 bits per heavy atom. The third-order valence-corrected chi connectivity index (χ3v) is 4.72. The summed E-state index contributed by atoms with van der Waals surface area (Å²) in [7, 11) is 0. The first-order valence-corrected chi connectivity index (χ1v) is 8.03. The number of nitrogens with zero attached hydrogens (tertiary/aromatic N) is 1. The molecule has 1 atom stereocenters. The molecule has 0 aromatic carbocycles. The SMILES string of the molecule is CCCC1NC(=O)CCN(Cc2ccc(Br)s2)C1=O. The van der Waals surface area contributed by atoms with Crippen molar-refractivity contribution in [1.29, 1.82) is 0 Å². The standard InChI is InChI=1S/C13H17BrN2O2S/c1-2-3-10-13(18)16(7-6-12(17)15-10)8-9-4-5-11(14)19-9/h4-5,10H,2-3,6-8H2,1H3,(H,15,17). The van der Waals surface area contributed by atoms with Crippen molar-refractivity contribution < 1.29 is 9.59 Å². The number of carbonyl (C=O) groups is 2. The second-order valence-electron chi connectivity index (χ2n) is 4.62. The van der Waals surface area contributed by atoms with Crippen molar-refractivity contribution in [3.05, 3.63) is 20.8 Å². The number of carbonyl (C=O) groups excluding carboxylic acids is 2. The fourth-order valence-corrected chi connectivity index (χ4v) is 3.66. The molecule has 1 saturated heterocycles. The van der Waals surface area contributed by atoms with Gasteiger partial charge in [0.05, 0.1) is 10.3 Å². The van der Waals surface area contributed by atoms with Gasteiger partial charge in [0, 0.05) is 17.8 Å². The van der Waals surface area contributed by atoms with E-state index in [-0.39, 0.29) is 17.9 Å². The Morgan fingerprint density at radius 3 is 2.89 bits per heavy atom. The van der Waals surface area contributed by atoms with E-state index in [2.05, 4.69) is 21.2 Å². The third-order valence-electron chi connectivity index (χ3n) is 3.11. The van der Waals surface area contributed by atoms with Crippen molar-refractivity contribution in [2.24, 2.45) is 0 Å². The molecule has 4 nitrogen and oxygen atoms in total. The van der Waals surface area contributed by atoms with Crippen molar-refractivity contribution in [3.8, 4) is 0 Å². The summed E-state index contributed by atoms with van der Waals surface area (Å²) in [6, 6.07) is 3.63. The maximum absolute atomic E-state index is 12.4. The second-order valence-corrected chi connectivity index (χ2v) is 7.17. The molecular weight excluding hydrogens is 328 g/mol. The van der Waals surface area contributed by atoms with E-state index in [0.29, 0.717) is 25.9 Å². The van der Waals surface area contributed by atoms with Crippen LogP contribution in [0.3, 0.4) is 0 Å². The molecule has 0 saturated carbocycles. The molecule has 0 radical (unpaired) electrons. The summed E-state index contributed by atoms with van der Waals surface area (Å²) < 4.78 is 1.06. The second kappa shape index (κ2) is 6.52. The molecule has 104 valence electrons. The van der Waals surface area contributed by atoms with Gasteiger partial charge in [0.15, 0.2) is 0 Å². The largest absolute Gasteiger partial charge is 0.344 e. The molecule has 1 N–H and O–H groups in total. The van der Waals surface area contributed by atoms with Crippen molar-refractivity contribution in [2.45, 2.75) is 38.8 Å². The average molecular weight is 345 g/mol. The van der Waals surface area contributed by atoms with E-state index in [0.717, 1.165) is 15.1 Å². The lowest BCUT2D eigenvalue weighted by molar-refractivity contribution is -0.134. The van der Waals surface area contributed by atoms with Crippen LogP contribution in [0.5, 0.6) is 0 Å². The zero-order valence-electron chi connectivity index (χ0n) is 10.8. The molecule has 1 aromatic heterocycles. The van der Waals surface area contributed by atoms with Gasteiger partial charge in [-0.2, -0.15) is 0 Å². The van der Waals surface area contributed by atoms with Gasteiger partial charge in [0.1, 0.15) is 6.04 Å². The predicted molar refractivity (Wildman–Crippen MR) is 78.9 cm³/mol. The van der Waals surface area contributed by atoms with Crippen LogP contribution in [-0.2, 0) is 16.1 Å². The quantitative estimate of drug-likeness (QED) is 0.912. The first-order chi connectivity index (χ1) is 9.10. The van der Waals surface area contributed by atoms with E-state index in [1.807, 2.05) is 19.1 Å². The minimum atomic E-state index is -0.358. The maximum Gasteiger partial charge on any atom is 0.245 e. The van der Waals surface area contributed by atoms with E-state index in [9.17, 15) is 9.59 Å². The van der Waals surface area contributed by atoms with Gasteiger partial charge in [0.25, 0.3) is 0 Å². The van der Waals surface area contributed by atoms with Crippen molar-refractivity contribution >= 4 is 39.1 Å². The zero-order chi connectivity index (χ0) is 13.8. The summed E-state index contributed by atoms with van der Waals surface area (Å²) in [6.07, 6.45) is 1.97. The normalized spacial score (nSPS) is 20.3. The van der Waals surface area contributed by atoms with Crippen molar-refractivity contribution in [3.63, 3.8) is 0 Å². The Hall–Kier alpha value is -0.880. The molecule has 1 aliphatic rings. The number of hydrogen-bond donors (Lipinski definition) is 1. The van der Waals surface area contributed by atoms with Crippen LogP contribution in [0, 0.1) is 0 Å². The van der Waals surface area contributed by atoms with E-state index >= 15 is 0 Å². The highest BCUT2D eigenvalue weighted by molar-refractivity contribution is 9.11. The molecule has 0 spiro atoms. The van der Waals surface area contributed by atoms with Gasteiger partial charge in [-0.25, -0.2) is 0 Å². The van der Waals surface area contributed by atoms with E-state index < -0.39 is 0 Å². The minimum absolute atomic E-state index is 0.0262. The lowest BCUT2D eigenvalue weighted by atomic mass is 10.1. The number of nitrogens with one attached hydrogen (secondary N) is 1. The maximum atomic E-state index is 12.4. The molecule has 2 amide bonds. The van der Waals surface area contributed by atoms with Gasteiger partial charge in [0.2, 0.25) is 11.8 Å². The topological polar surface area (TPSA) is 49.4 Å². The summed E-state index contributed by atoms with van der Waals surface area (Å²) in [6.45, 7) is 3.11. The van der Waals surface area contributed by atoms with Gasteiger partial charge in [-0.1, -0.05) is 13.3 Å². The van der Waals surface area contributed by atoms with Gasteiger partial charge in [-0.3, -0.25) is 9.59 Å². The number of halogens is 1. The lowest BCUT2D eigenvalue weighted by Crippen LogP contribution is -2.44. The molecule has 1 aromatic rings. The van der Waals surface area contributed by atoms with Crippen LogP contribution in [0.2, 0.25) is 0 Å². The molecule has 19 heavy (non-hydrogen) atoms. The Morgan fingerprint density at radius 2 is 2.26 bits per heavy atom. The predicted octanol–water partition coefficient (Wildman–Crippen LogP) is 2.53. The highest BCUT2D eigenvalue weighted by Crippen LogP contribution is 2.24. The zero-order valence-corrected chi connectivity index (χ0v) is 13.2. The highest BCUT2D eigenvalue weighted by Gasteiger charge is 2.29. The summed E-state index contributed by atoms with van der Waals surface area (Å²) in [5.74, 6) is 0.0129. The first kappa shape index (κ1) is 14.5. The molecule has 2 rings (SSSR count). The third kappa shape index (κ3) is 3.79. The lowest BCUT2D eigenvalue weighted by Gasteiger charge is -2.23. The number of thiophene rings is 1. The van der Waals surface area contributed by atoms with Crippen LogP contribution in [0.4, 0.5) is 0 Å². The van der Waals surface area contributed by atoms with Crippen molar-refractivity contribution in [2.75, 3.05) is 6.54 Å². The number of hydrogen-bond acceptors (Lipinski definition) is 3. The van der Waals surface area contributed by atoms with Gasteiger partial charge in [-0.05, 0) is 34.5 Å². The van der Waals surface area contributed by atoms with E-state index in [1.54, 1.807) is 16.2 Å². The van der Waals surface area contributed by atoms with Crippen LogP contribution < -0.4 is 5.32 Å². The molecule has 0 bridgehead atoms. The average Bonchev–Trinajstić information content (AvgIpc) is 2.73. The summed E-state index contributed by atoms with van der Waals surface area (Å²) >= 11 is 5.05. The fraction of sp³-hybridized carbons (Fsp3) is 0.538. The molecule has 1 unspecified atom stereocenters. The van der Waals surface area contributed by atoms with Crippen molar-refractivity contribution in [1.82, 2.24) is 10.2 Å². The Bertz CT molecular complexity index is 475. The molecule has 1 fully saturated rings. The van der Waals surface area contributed by atoms with Crippen LogP contribution in [0.15, 0.2) is 15.9 Å².